The molecule has 1 aromatic heterocycles. The highest BCUT2D eigenvalue weighted by Gasteiger charge is 2.51. The number of rotatable bonds is 11. The number of aromatic nitrogens is 1. The largest absolute Gasteiger partial charge is 0.369 e. The van der Waals surface area contributed by atoms with Gasteiger partial charge in [-0.15, -0.1) is 0 Å². The van der Waals surface area contributed by atoms with Crippen LogP contribution < -0.4 is 16.0 Å². The predicted molar refractivity (Wildman–Crippen MR) is 141 cm³/mol. The van der Waals surface area contributed by atoms with Crippen LogP contribution in [0.1, 0.15) is 64.7 Å². The lowest BCUT2D eigenvalue weighted by atomic mass is 9.49. The molecule has 0 aliphatic heterocycles. The predicted octanol–water partition coefficient (Wildman–Crippen LogP) is 6.14. The van der Waals surface area contributed by atoms with E-state index in [2.05, 4.69) is 41.1 Å². The van der Waals surface area contributed by atoms with Crippen LogP contribution in [0, 0.1) is 23.2 Å². The molecule has 4 bridgehead atoms. The second-order valence-electron chi connectivity index (χ2n) is 11.1. The van der Waals surface area contributed by atoms with Crippen LogP contribution in [0.25, 0.3) is 10.9 Å². The molecule has 5 heteroatoms. The van der Waals surface area contributed by atoms with Crippen LogP contribution in [0.4, 0.5) is 11.5 Å². The molecule has 0 atom stereocenters. The van der Waals surface area contributed by atoms with Gasteiger partial charge in [0, 0.05) is 31.4 Å². The van der Waals surface area contributed by atoms with Crippen molar-refractivity contribution >= 4 is 28.3 Å². The minimum atomic E-state index is 0.177. The molecule has 4 aliphatic rings. The molecule has 0 radical (unpaired) electrons. The molecule has 34 heavy (non-hydrogen) atoms. The van der Waals surface area contributed by atoms with Gasteiger partial charge >= 0.3 is 0 Å². The Morgan fingerprint density at radius 2 is 1.79 bits per heavy atom. The van der Waals surface area contributed by atoms with Crippen molar-refractivity contribution in [3.8, 4) is 0 Å². The van der Waals surface area contributed by atoms with Gasteiger partial charge in [-0.1, -0.05) is 31.6 Å². The zero-order valence-electron chi connectivity index (χ0n) is 20.6. The molecule has 3 N–H and O–H groups in total. The van der Waals surface area contributed by atoms with Gasteiger partial charge in [-0.2, -0.15) is 0 Å². The van der Waals surface area contributed by atoms with E-state index in [1.165, 1.54) is 44.9 Å². The zero-order chi connectivity index (χ0) is 23.4. The molecule has 0 unspecified atom stereocenters. The van der Waals surface area contributed by atoms with Crippen LogP contribution in [0.2, 0.25) is 0 Å². The summed E-state index contributed by atoms with van der Waals surface area (Å²) in [6, 6.07) is 10.1. The highest BCUT2D eigenvalue weighted by Crippen LogP contribution is 2.61. The third kappa shape index (κ3) is 5.46. The highest BCUT2D eigenvalue weighted by molar-refractivity contribution is 6.01. The Morgan fingerprint density at radius 1 is 1.03 bits per heavy atom. The van der Waals surface area contributed by atoms with E-state index in [1.54, 1.807) is 0 Å². The van der Waals surface area contributed by atoms with Crippen molar-refractivity contribution in [2.24, 2.45) is 23.2 Å². The highest BCUT2D eigenvalue weighted by atomic mass is 16.1. The summed E-state index contributed by atoms with van der Waals surface area (Å²) < 4.78 is 0. The van der Waals surface area contributed by atoms with Crippen molar-refractivity contribution in [1.29, 1.82) is 0 Å². The topological polar surface area (TPSA) is 66.0 Å². The minimum absolute atomic E-state index is 0.177. The van der Waals surface area contributed by atoms with E-state index in [0.717, 1.165) is 66.2 Å². The van der Waals surface area contributed by atoms with Crippen molar-refractivity contribution in [1.82, 2.24) is 10.3 Å². The number of carbonyl (C=O) groups is 1. The average molecular weight is 461 g/mol. The van der Waals surface area contributed by atoms with Crippen LogP contribution in [0.15, 0.2) is 42.5 Å². The van der Waals surface area contributed by atoms with E-state index < -0.39 is 0 Å². The molecule has 4 aliphatic carbocycles. The second kappa shape index (κ2) is 10.5. The zero-order valence-corrected chi connectivity index (χ0v) is 20.6. The third-order valence-electron chi connectivity index (χ3n) is 8.20. The fourth-order valence-electron chi connectivity index (χ4n) is 7.24. The van der Waals surface area contributed by atoms with Crippen LogP contribution in [-0.4, -0.2) is 30.5 Å². The fraction of sp³-hybridized carbons (Fsp3) is 0.586. The molecule has 2 aromatic rings. The minimum Gasteiger partial charge on any atom is -0.369 e. The number of pyridine rings is 1. The molecule has 5 nitrogen and oxygen atoms in total. The van der Waals surface area contributed by atoms with Gasteiger partial charge in [0.2, 0.25) is 5.91 Å². The normalized spacial score (nSPS) is 27.5. The summed E-state index contributed by atoms with van der Waals surface area (Å²) in [7, 11) is 0. The Labute approximate surface area is 204 Å². The number of nitrogens with zero attached hydrogens (tertiary/aromatic N) is 1. The van der Waals surface area contributed by atoms with E-state index in [0.29, 0.717) is 6.42 Å². The first-order chi connectivity index (χ1) is 16.6. The number of unbranched alkanes of at least 4 members (excludes halogenated alkanes) is 1. The van der Waals surface area contributed by atoms with Gasteiger partial charge in [0.25, 0.3) is 0 Å². The number of hydrogen-bond acceptors (Lipinski definition) is 4. The Morgan fingerprint density at radius 3 is 2.53 bits per heavy atom. The first-order valence-corrected chi connectivity index (χ1v) is 13.4. The van der Waals surface area contributed by atoms with E-state index in [4.69, 9.17) is 4.98 Å². The molecule has 182 valence electrons. The Kier molecular flexibility index (Phi) is 7.19. The average Bonchev–Trinajstić information content (AvgIpc) is 2.79. The third-order valence-corrected chi connectivity index (χ3v) is 8.20. The lowest BCUT2D eigenvalue weighted by Crippen LogP contribution is -2.47. The van der Waals surface area contributed by atoms with Crippen molar-refractivity contribution < 1.29 is 4.79 Å². The van der Waals surface area contributed by atoms with Gasteiger partial charge in [-0.05, 0) is 92.4 Å². The van der Waals surface area contributed by atoms with E-state index in [1.807, 2.05) is 24.3 Å². The molecule has 6 rings (SSSR count). The number of carbonyl (C=O) groups excluding carboxylic acids is 1. The number of anilines is 2. The van der Waals surface area contributed by atoms with Crippen LogP contribution in [0.5, 0.6) is 0 Å². The SMILES string of the molecule is CCC/C=C/CNCCNc1ccc2c(NC(=O)CC34CC5CC(CC(C5)C3)C4)cccc2n1. The summed E-state index contributed by atoms with van der Waals surface area (Å²) in [6.45, 7) is 4.80. The van der Waals surface area contributed by atoms with Gasteiger partial charge in [0.15, 0.2) is 0 Å². The number of hydrogen-bond donors (Lipinski definition) is 3. The van der Waals surface area contributed by atoms with E-state index in [9.17, 15) is 4.79 Å². The number of allylic oxidation sites excluding steroid dienone is 1. The molecule has 4 fully saturated rings. The summed E-state index contributed by atoms with van der Waals surface area (Å²) in [5, 5.41) is 11.1. The molecule has 1 heterocycles. The first kappa shape index (κ1) is 23.3. The molecular weight excluding hydrogens is 420 g/mol. The number of benzene rings is 1. The monoisotopic (exact) mass is 460 g/mol. The van der Waals surface area contributed by atoms with Gasteiger partial charge in [0.05, 0.1) is 11.2 Å². The van der Waals surface area contributed by atoms with Gasteiger partial charge in [-0.3, -0.25) is 4.79 Å². The summed E-state index contributed by atoms with van der Waals surface area (Å²) in [4.78, 5) is 17.9. The van der Waals surface area contributed by atoms with Crippen molar-refractivity contribution in [3.63, 3.8) is 0 Å². The maximum absolute atomic E-state index is 13.1. The van der Waals surface area contributed by atoms with Crippen molar-refractivity contribution in [2.45, 2.75) is 64.7 Å². The number of amides is 1. The van der Waals surface area contributed by atoms with E-state index >= 15 is 0 Å². The Bertz CT molecular complexity index is 995. The van der Waals surface area contributed by atoms with Crippen LogP contribution in [-0.2, 0) is 4.79 Å². The summed E-state index contributed by atoms with van der Waals surface area (Å²) in [5.41, 5.74) is 2.05. The summed E-state index contributed by atoms with van der Waals surface area (Å²) in [5.74, 6) is 3.67. The summed E-state index contributed by atoms with van der Waals surface area (Å²) in [6.07, 6.45) is 15.5. The number of nitrogens with one attached hydrogen (secondary N) is 3. The quantitative estimate of drug-likeness (QED) is 0.278. The van der Waals surface area contributed by atoms with Gasteiger partial charge < -0.3 is 16.0 Å². The molecular formula is C29H40N4O. The van der Waals surface area contributed by atoms with Crippen molar-refractivity contribution in [2.75, 3.05) is 30.3 Å². The maximum atomic E-state index is 13.1. The first-order valence-electron chi connectivity index (χ1n) is 13.4. The van der Waals surface area contributed by atoms with Crippen molar-refractivity contribution in [3.05, 3.63) is 42.5 Å². The molecule has 1 aromatic carbocycles. The maximum Gasteiger partial charge on any atom is 0.224 e. The Hall–Kier alpha value is -2.40. The lowest BCUT2D eigenvalue weighted by molar-refractivity contribution is -0.124. The molecule has 0 saturated heterocycles. The van der Waals surface area contributed by atoms with E-state index in [-0.39, 0.29) is 11.3 Å². The fourth-order valence-corrected chi connectivity index (χ4v) is 7.24. The standard InChI is InChI=1S/C29H40N4O/c1-2-3-4-5-11-30-12-13-31-27-10-9-24-25(32-27)7-6-8-26(24)33-28(34)20-29-17-21-14-22(18-29)16-23(15-21)19-29/h4-10,21-23,30H,2-3,11-20H2,1H3,(H,31,32)(H,33,34)/b5-4+. The Balaban J connectivity index is 1.16. The van der Waals surface area contributed by atoms with Gasteiger partial charge in [-0.25, -0.2) is 4.98 Å². The second-order valence-corrected chi connectivity index (χ2v) is 11.1. The lowest BCUT2D eigenvalue weighted by Gasteiger charge is -2.56. The van der Waals surface area contributed by atoms with Crippen LogP contribution in [0.3, 0.4) is 0 Å². The van der Waals surface area contributed by atoms with Gasteiger partial charge in [0.1, 0.15) is 5.82 Å². The molecule has 4 saturated carbocycles. The smallest absolute Gasteiger partial charge is 0.224 e. The molecule has 0 spiro atoms. The molecule has 1 amide bonds. The number of fused-ring (bicyclic) bond motifs is 1. The van der Waals surface area contributed by atoms with Crippen LogP contribution >= 0.6 is 0 Å². The summed E-state index contributed by atoms with van der Waals surface area (Å²) >= 11 is 0.